The Morgan fingerprint density at radius 2 is 1.85 bits per heavy atom. The molecule has 0 radical (unpaired) electrons. The quantitative estimate of drug-likeness (QED) is 0.383. The molecule has 0 saturated heterocycles. The minimum absolute atomic E-state index is 0.0361. The molecule has 9 atom stereocenters. The van der Waals surface area contributed by atoms with Crippen molar-refractivity contribution in [1.29, 1.82) is 0 Å². The molecule has 3 fully saturated rings. The molecular formula is C21H29ClO4. The monoisotopic (exact) mass is 380 g/mol. The van der Waals surface area contributed by atoms with Crippen LogP contribution in [0.4, 0.5) is 0 Å². The van der Waals surface area contributed by atoms with Gasteiger partial charge in [0.15, 0.2) is 0 Å². The lowest BCUT2D eigenvalue weighted by atomic mass is 9.46. The zero-order chi connectivity index (χ0) is 18.9. The Morgan fingerprint density at radius 3 is 2.54 bits per heavy atom. The van der Waals surface area contributed by atoms with Crippen LogP contribution in [-0.4, -0.2) is 44.3 Å². The van der Waals surface area contributed by atoms with Crippen molar-refractivity contribution < 1.29 is 20.4 Å². The zero-order valence-electron chi connectivity index (χ0n) is 15.5. The van der Waals surface area contributed by atoms with Crippen LogP contribution in [0.3, 0.4) is 0 Å². The Hall–Kier alpha value is -0.570. The normalized spacial score (nSPS) is 55.7. The maximum absolute atomic E-state index is 11.2. The first kappa shape index (κ1) is 18.8. The van der Waals surface area contributed by atoms with Crippen molar-refractivity contribution >= 4 is 11.6 Å². The molecule has 26 heavy (non-hydrogen) atoms. The number of halogens is 1. The van der Waals surface area contributed by atoms with Crippen molar-refractivity contribution in [2.75, 3.05) is 0 Å². The predicted octanol–water partition coefficient (Wildman–Crippen LogP) is 2.18. The first-order valence-corrected chi connectivity index (χ1v) is 10.1. The largest absolute Gasteiger partial charge is 0.393 e. The van der Waals surface area contributed by atoms with E-state index >= 15 is 0 Å². The van der Waals surface area contributed by atoms with Crippen LogP contribution in [0.1, 0.15) is 52.4 Å². The Bertz CT molecular complexity index is 696. The summed E-state index contributed by atoms with van der Waals surface area (Å²) >= 11 is 5.64. The molecule has 5 heteroatoms. The summed E-state index contributed by atoms with van der Waals surface area (Å²) in [6, 6.07) is 0. The van der Waals surface area contributed by atoms with E-state index in [4.69, 9.17) is 11.6 Å². The van der Waals surface area contributed by atoms with Gasteiger partial charge in [0.1, 0.15) is 5.60 Å². The summed E-state index contributed by atoms with van der Waals surface area (Å²) in [5, 5.41) is 45.2. The molecule has 0 aliphatic heterocycles. The second kappa shape index (κ2) is 5.96. The summed E-state index contributed by atoms with van der Waals surface area (Å²) < 4.78 is 0. The van der Waals surface area contributed by atoms with Crippen LogP contribution in [-0.2, 0) is 0 Å². The molecule has 0 aromatic rings. The van der Waals surface area contributed by atoms with Gasteiger partial charge >= 0.3 is 0 Å². The van der Waals surface area contributed by atoms with Gasteiger partial charge in [0.2, 0.25) is 0 Å². The topological polar surface area (TPSA) is 80.9 Å². The van der Waals surface area contributed by atoms with E-state index in [2.05, 4.69) is 24.3 Å². The van der Waals surface area contributed by atoms with E-state index in [1.54, 1.807) is 0 Å². The number of allylic oxidation sites excluding steroid dienone is 1. The number of fused-ring (bicyclic) bond motifs is 5. The Labute approximate surface area is 160 Å². The van der Waals surface area contributed by atoms with E-state index in [0.717, 1.165) is 12.8 Å². The van der Waals surface area contributed by atoms with E-state index in [1.165, 1.54) is 5.57 Å². The van der Waals surface area contributed by atoms with Crippen LogP contribution < -0.4 is 0 Å². The smallest absolute Gasteiger partial charge is 0.132 e. The number of aliphatic hydroxyl groups is 4. The standard InChI is InChI=1S/C21H29ClO4/c1-19-10-16(24)15(23)9-12(19)3-4-13-14-5-6-21(26,7-8-22)20(14,2)11-17(25)18(13)19/h3,13-18,23-26H,4-6,9-11H2,1-2H3/t13-,14-,15+,16+,17-,18+,19-,20-,21+/m0/s1. The summed E-state index contributed by atoms with van der Waals surface area (Å²) in [6.45, 7) is 4.18. The van der Waals surface area contributed by atoms with Crippen LogP contribution in [0.5, 0.6) is 0 Å². The second-order valence-electron chi connectivity index (χ2n) is 9.53. The van der Waals surface area contributed by atoms with Gasteiger partial charge < -0.3 is 20.4 Å². The maximum Gasteiger partial charge on any atom is 0.132 e. The maximum atomic E-state index is 11.2. The third-order valence-electron chi connectivity index (χ3n) is 8.47. The van der Waals surface area contributed by atoms with Gasteiger partial charge in [0.05, 0.1) is 18.3 Å². The van der Waals surface area contributed by atoms with Crippen molar-refractivity contribution in [2.24, 2.45) is 28.6 Å². The van der Waals surface area contributed by atoms with E-state index < -0.39 is 29.3 Å². The van der Waals surface area contributed by atoms with Gasteiger partial charge in [-0.1, -0.05) is 31.4 Å². The molecule has 4 aliphatic carbocycles. The lowest BCUT2D eigenvalue weighted by Crippen LogP contribution is -2.60. The summed E-state index contributed by atoms with van der Waals surface area (Å²) in [4.78, 5) is 0. The van der Waals surface area contributed by atoms with Crippen LogP contribution in [0.25, 0.3) is 0 Å². The Kier molecular flexibility index (Phi) is 4.31. The Morgan fingerprint density at radius 1 is 1.12 bits per heavy atom. The molecule has 0 amide bonds. The number of hydrogen-bond acceptors (Lipinski definition) is 4. The fourth-order valence-corrected chi connectivity index (χ4v) is 7.27. The van der Waals surface area contributed by atoms with E-state index in [-0.39, 0.29) is 23.2 Å². The highest BCUT2D eigenvalue weighted by Crippen LogP contribution is 2.67. The summed E-state index contributed by atoms with van der Waals surface area (Å²) in [7, 11) is 0. The summed E-state index contributed by atoms with van der Waals surface area (Å²) in [6.07, 6.45) is 3.94. The third-order valence-corrected chi connectivity index (χ3v) is 8.57. The van der Waals surface area contributed by atoms with Crippen molar-refractivity contribution in [3.63, 3.8) is 0 Å². The van der Waals surface area contributed by atoms with Crippen molar-refractivity contribution in [2.45, 2.75) is 76.3 Å². The van der Waals surface area contributed by atoms with Gasteiger partial charge in [0, 0.05) is 10.8 Å². The average molecular weight is 381 g/mol. The summed E-state index contributed by atoms with van der Waals surface area (Å²) in [5.41, 5.74) is -0.767. The minimum Gasteiger partial charge on any atom is -0.393 e. The van der Waals surface area contributed by atoms with Gasteiger partial charge in [-0.05, 0) is 73.3 Å². The molecule has 0 heterocycles. The molecule has 0 aromatic carbocycles. The first-order chi connectivity index (χ1) is 12.2. The van der Waals surface area contributed by atoms with Crippen molar-refractivity contribution in [3.05, 3.63) is 11.6 Å². The molecule has 4 nitrogen and oxygen atoms in total. The molecular weight excluding hydrogens is 352 g/mol. The number of rotatable bonds is 0. The Balaban J connectivity index is 1.74. The highest BCUT2D eigenvalue weighted by molar-refractivity contribution is 6.30. The molecule has 4 rings (SSSR count). The molecule has 0 spiro atoms. The van der Waals surface area contributed by atoms with Crippen LogP contribution in [0, 0.1) is 39.9 Å². The average Bonchev–Trinajstić information content (AvgIpc) is 2.80. The van der Waals surface area contributed by atoms with Crippen molar-refractivity contribution in [1.82, 2.24) is 0 Å². The molecule has 0 bridgehead atoms. The van der Waals surface area contributed by atoms with Gasteiger partial charge in [-0.2, -0.15) is 0 Å². The summed E-state index contributed by atoms with van der Waals surface area (Å²) in [5.74, 6) is 3.37. The van der Waals surface area contributed by atoms with Gasteiger partial charge in [0.25, 0.3) is 0 Å². The van der Waals surface area contributed by atoms with E-state index in [1.807, 2.05) is 6.92 Å². The second-order valence-corrected chi connectivity index (χ2v) is 9.72. The molecule has 144 valence electrons. The SMILES string of the molecule is C[C@]12C[C@@H](O)[C@H](O)CC1=CC[C@@H]1[C@@H]2[C@@H](O)C[C@@]2(C)[C@H]1CC[C@@]2(O)C#CCl. The highest BCUT2D eigenvalue weighted by Gasteiger charge is 2.66. The molecule has 0 unspecified atom stereocenters. The predicted molar refractivity (Wildman–Crippen MR) is 99.1 cm³/mol. The molecule has 0 aromatic heterocycles. The molecule has 3 saturated carbocycles. The van der Waals surface area contributed by atoms with Crippen molar-refractivity contribution in [3.8, 4) is 11.3 Å². The lowest BCUT2D eigenvalue weighted by Gasteiger charge is -2.60. The lowest BCUT2D eigenvalue weighted by molar-refractivity contribution is -0.160. The zero-order valence-corrected chi connectivity index (χ0v) is 16.2. The molecule has 4 N–H and O–H groups in total. The first-order valence-electron chi connectivity index (χ1n) is 9.75. The minimum atomic E-state index is -1.15. The van der Waals surface area contributed by atoms with Crippen LogP contribution in [0.15, 0.2) is 11.6 Å². The highest BCUT2D eigenvalue weighted by atomic mass is 35.5. The third kappa shape index (κ3) is 2.31. The van der Waals surface area contributed by atoms with Gasteiger partial charge in [-0.25, -0.2) is 0 Å². The van der Waals surface area contributed by atoms with Crippen LogP contribution >= 0.6 is 11.6 Å². The van der Waals surface area contributed by atoms with E-state index in [0.29, 0.717) is 25.7 Å². The fourth-order valence-electron chi connectivity index (χ4n) is 7.11. The number of hydrogen-bond donors (Lipinski definition) is 4. The van der Waals surface area contributed by atoms with E-state index in [9.17, 15) is 20.4 Å². The number of aliphatic hydroxyl groups excluding tert-OH is 3. The van der Waals surface area contributed by atoms with Gasteiger partial charge in [-0.3, -0.25) is 0 Å². The molecule has 4 aliphatic rings. The fraction of sp³-hybridized carbons (Fsp3) is 0.810. The van der Waals surface area contributed by atoms with Gasteiger partial charge in [-0.15, -0.1) is 0 Å². The van der Waals surface area contributed by atoms with Crippen LogP contribution in [0.2, 0.25) is 0 Å².